The molecule has 0 aromatic heterocycles. The van der Waals surface area contributed by atoms with Crippen LogP contribution < -0.4 is 5.32 Å². The number of carbonyl (C=O) groups is 1. The summed E-state index contributed by atoms with van der Waals surface area (Å²) in [6, 6.07) is 15.6. The summed E-state index contributed by atoms with van der Waals surface area (Å²) in [6.45, 7) is 2.78. The highest BCUT2D eigenvalue weighted by Crippen LogP contribution is 2.25. The molecule has 1 N–H and O–H groups in total. The van der Waals surface area contributed by atoms with Gasteiger partial charge in [0.05, 0.1) is 4.90 Å². The van der Waals surface area contributed by atoms with Gasteiger partial charge in [0.1, 0.15) is 6.04 Å². The molecule has 2 aromatic carbocycles. The van der Waals surface area contributed by atoms with E-state index in [4.69, 9.17) is 0 Å². The summed E-state index contributed by atoms with van der Waals surface area (Å²) in [5.74, 6) is -0.232. The number of rotatable bonds is 5. The Kier molecular flexibility index (Phi) is 5.74. The molecule has 138 valence electrons. The van der Waals surface area contributed by atoms with Crippen molar-refractivity contribution in [1.29, 1.82) is 0 Å². The van der Waals surface area contributed by atoms with Crippen LogP contribution in [0.2, 0.25) is 0 Å². The van der Waals surface area contributed by atoms with Crippen LogP contribution in [0, 0.1) is 6.92 Å². The van der Waals surface area contributed by atoms with E-state index in [1.54, 1.807) is 30.3 Å². The van der Waals surface area contributed by atoms with Gasteiger partial charge in [-0.2, -0.15) is 4.31 Å². The van der Waals surface area contributed by atoms with Crippen molar-refractivity contribution >= 4 is 15.9 Å². The van der Waals surface area contributed by atoms with E-state index in [9.17, 15) is 13.2 Å². The summed E-state index contributed by atoms with van der Waals surface area (Å²) in [4.78, 5) is 12.9. The van der Waals surface area contributed by atoms with Gasteiger partial charge >= 0.3 is 0 Å². The summed E-state index contributed by atoms with van der Waals surface area (Å²) in [5.41, 5.74) is 2.16. The van der Waals surface area contributed by atoms with E-state index in [1.807, 2.05) is 31.2 Å². The van der Waals surface area contributed by atoms with Gasteiger partial charge in [0.2, 0.25) is 15.9 Å². The van der Waals surface area contributed by atoms with Crippen molar-refractivity contribution in [2.75, 3.05) is 6.54 Å². The molecule has 1 heterocycles. The van der Waals surface area contributed by atoms with Crippen molar-refractivity contribution in [1.82, 2.24) is 9.62 Å². The summed E-state index contributed by atoms with van der Waals surface area (Å²) in [6.07, 6.45) is 2.17. The van der Waals surface area contributed by atoms with Gasteiger partial charge in [-0.1, -0.05) is 54.4 Å². The van der Waals surface area contributed by atoms with E-state index in [1.165, 1.54) is 4.31 Å². The van der Waals surface area contributed by atoms with Gasteiger partial charge in [-0.3, -0.25) is 4.79 Å². The zero-order chi connectivity index (χ0) is 18.6. The number of hydrogen-bond donors (Lipinski definition) is 1. The standard InChI is InChI=1S/C20H24N2O3S/c1-16-10-12-17(13-11-16)15-21-20(23)19-9-5-6-14-22(19)26(24,25)18-7-3-2-4-8-18/h2-4,7-8,10-13,19H,5-6,9,14-15H2,1H3,(H,21,23)/t19-/m0/s1. The maximum atomic E-state index is 13.0. The van der Waals surface area contributed by atoms with E-state index < -0.39 is 16.1 Å². The maximum Gasteiger partial charge on any atom is 0.243 e. The Hall–Kier alpha value is -2.18. The smallest absolute Gasteiger partial charge is 0.243 e. The lowest BCUT2D eigenvalue weighted by Gasteiger charge is -2.33. The molecule has 2 aromatic rings. The first-order chi connectivity index (χ1) is 12.5. The molecule has 1 fully saturated rings. The van der Waals surface area contributed by atoms with Gasteiger partial charge in [0, 0.05) is 13.1 Å². The van der Waals surface area contributed by atoms with Crippen LogP contribution in [0.1, 0.15) is 30.4 Å². The summed E-state index contributed by atoms with van der Waals surface area (Å²) in [5, 5.41) is 2.90. The Morgan fingerprint density at radius 1 is 1.08 bits per heavy atom. The molecule has 6 heteroatoms. The molecule has 1 aliphatic rings. The van der Waals surface area contributed by atoms with E-state index in [-0.39, 0.29) is 10.8 Å². The second-order valence-corrected chi connectivity index (χ2v) is 8.53. The molecule has 26 heavy (non-hydrogen) atoms. The fourth-order valence-corrected chi connectivity index (χ4v) is 4.87. The molecule has 0 radical (unpaired) electrons. The predicted molar refractivity (Wildman–Crippen MR) is 101 cm³/mol. The zero-order valence-corrected chi connectivity index (χ0v) is 15.7. The third-order valence-corrected chi connectivity index (χ3v) is 6.62. The molecule has 0 aliphatic carbocycles. The van der Waals surface area contributed by atoms with Crippen molar-refractivity contribution in [2.24, 2.45) is 0 Å². The van der Waals surface area contributed by atoms with Gasteiger partial charge < -0.3 is 5.32 Å². The third kappa shape index (κ3) is 4.14. The van der Waals surface area contributed by atoms with Crippen LogP contribution in [0.5, 0.6) is 0 Å². The van der Waals surface area contributed by atoms with Crippen molar-refractivity contribution in [2.45, 2.75) is 43.7 Å². The Morgan fingerprint density at radius 3 is 2.46 bits per heavy atom. The molecule has 0 spiro atoms. The molecule has 3 rings (SSSR count). The van der Waals surface area contributed by atoms with Crippen molar-refractivity contribution in [3.63, 3.8) is 0 Å². The average Bonchev–Trinajstić information content (AvgIpc) is 2.68. The molecule has 0 bridgehead atoms. The number of nitrogens with zero attached hydrogens (tertiary/aromatic N) is 1. The first-order valence-corrected chi connectivity index (χ1v) is 10.3. The van der Waals surface area contributed by atoms with Crippen LogP contribution in [-0.2, 0) is 21.4 Å². The Morgan fingerprint density at radius 2 is 1.77 bits per heavy atom. The highest BCUT2D eigenvalue weighted by Gasteiger charge is 2.37. The Balaban J connectivity index is 1.74. The van der Waals surface area contributed by atoms with Crippen LogP contribution in [0.25, 0.3) is 0 Å². The van der Waals surface area contributed by atoms with Gasteiger partial charge in [-0.25, -0.2) is 8.42 Å². The van der Waals surface area contributed by atoms with Crippen molar-refractivity contribution in [3.05, 3.63) is 65.7 Å². The van der Waals surface area contributed by atoms with Gasteiger partial charge in [-0.05, 0) is 37.5 Å². The van der Waals surface area contributed by atoms with Crippen LogP contribution >= 0.6 is 0 Å². The van der Waals surface area contributed by atoms with Gasteiger partial charge in [-0.15, -0.1) is 0 Å². The normalized spacial score (nSPS) is 18.4. The van der Waals surface area contributed by atoms with E-state index in [0.717, 1.165) is 24.0 Å². The number of aryl methyl sites for hydroxylation is 1. The number of amides is 1. The van der Waals surface area contributed by atoms with Crippen LogP contribution in [0.15, 0.2) is 59.5 Å². The topological polar surface area (TPSA) is 66.5 Å². The van der Waals surface area contributed by atoms with E-state index in [0.29, 0.717) is 19.5 Å². The first kappa shape index (κ1) is 18.6. The predicted octanol–water partition coefficient (Wildman–Crippen LogP) is 2.85. The second-order valence-electron chi connectivity index (χ2n) is 6.64. The first-order valence-electron chi connectivity index (χ1n) is 8.88. The lowest BCUT2D eigenvalue weighted by molar-refractivity contribution is -0.125. The number of hydrogen-bond acceptors (Lipinski definition) is 3. The lowest BCUT2D eigenvalue weighted by atomic mass is 10.0. The SMILES string of the molecule is Cc1ccc(CNC(=O)[C@@H]2CCCCN2S(=O)(=O)c2ccccc2)cc1. The molecule has 1 amide bonds. The minimum atomic E-state index is -3.67. The third-order valence-electron chi connectivity index (χ3n) is 4.69. The summed E-state index contributed by atoms with van der Waals surface area (Å²) < 4.78 is 27.3. The fourth-order valence-electron chi connectivity index (χ4n) is 3.20. The molecule has 0 saturated carbocycles. The quantitative estimate of drug-likeness (QED) is 0.878. The van der Waals surface area contributed by atoms with Gasteiger partial charge in [0.15, 0.2) is 0 Å². The Bertz CT molecular complexity index is 848. The molecule has 5 nitrogen and oxygen atoms in total. The van der Waals surface area contributed by atoms with Crippen LogP contribution in [-0.4, -0.2) is 31.2 Å². The maximum absolute atomic E-state index is 13.0. The van der Waals surface area contributed by atoms with Crippen LogP contribution in [0.4, 0.5) is 0 Å². The molecule has 1 saturated heterocycles. The monoisotopic (exact) mass is 372 g/mol. The number of sulfonamides is 1. The zero-order valence-electron chi connectivity index (χ0n) is 14.9. The average molecular weight is 372 g/mol. The van der Waals surface area contributed by atoms with Crippen LogP contribution in [0.3, 0.4) is 0 Å². The number of piperidine rings is 1. The molecular formula is C20H24N2O3S. The minimum Gasteiger partial charge on any atom is -0.351 e. The summed E-state index contributed by atoms with van der Waals surface area (Å²) in [7, 11) is -3.67. The minimum absolute atomic E-state index is 0.232. The molecule has 1 atom stereocenters. The molecular weight excluding hydrogens is 348 g/mol. The Labute approximate surface area is 155 Å². The van der Waals surface area contributed by atoms with Crippen molar-refractivity contribution < 1.29 is 13.2 Å². The molecule has 1 aliphatic heterocycles. The largest absolute Gasteiger partial charge is 0.351 e. The van der Waals surface area contributed by atoms with E-state index in [2.05, 4.69) is 5.32 Å². The highest BCUT2D eigenvalue weighted by atomic mass is 32.2. The number of carbonyl (C=O) groups excluding carboxylic acids is 1. The lowest BCUT2D eigenvalue weighted by Crippen LogP contribution is -2.51. The molecule has 0 unspecified atom stereocenters. The number of nitrogens with one attached hydrogen (secondary N) is 1. The number of benzene rings is 2. The van der Waals surface area contributed by atoms with Gasteiger partial charge in [0.25, 0.3) is 0 Å². The fraction of sp³-hybridized carbons (Fsp3) is 0.350. The summed E-state index contributed by atoms with van der Waals surface area (Å²) >= 11 is 0. The van der Waals surface area contributed by atoms with Crippen molar-refractivity contribution in [3.8, 4) is 0 Å². The highest BCUT2D eigenvalue weighted by molar-refractivity contribution is 7.89. The van der Waals surface area contributed by atoms with E-state index >= 15 is 0 Å². The second kappa shape index (κ2) is 8.01.